The zero-order valence-corrected chi connectivity index (χ0v) is 13.7. The first-order valence-electron chi connectivity index (χ1n) is 7.05. The lowest BCUT2D eigenvalue weighted by atomic mass is 10.1. The number of ether oxygens (including phenoxy) is 1. The third-order valence-corrected chi connectivity index (χ3v) is 3.83. The Kier molecular flexibility index (Phi) is 6.10. The Morgan fingerprint density at radius 2 is 1.82 bits per heavy atom. The lowest BCUT2D eigenvalue weighted by Gasteiger charge is -2.08. The highest BCUT2D eigenvalue weighted by molar-refractivity contribution is 6.42. The fraction of sp³-hybridized carbons (Fsp3) is 0.235. The highest BCUT2D eigenvalue weighted by Crippen LogP contribution is 2.25. The van der Waals surface area contributed by atoms with Gasteiger partial charge in [0.2, 0.25) is 0 Å². The average Bonchev–Trinajstić information content (AvgIpc) is 2.52. The van der Waals surface area contributed by atoms with Crippen LogP contribution in [0.15, 0.2) is 42.5 Å². The molecule has 0 saturated heterocycles. The molecule has 0 aliphatic rings. The van der Waals surface area contributed by atoms with Crippen molar-refractivity contribution in [3.05, 3.63) is 58.1 Å². The second-order valence-corrected chi connectivity index (χ2v) is 5.50. The Labute approximate surface area is 140 Å². The summed E-state index contributed by atoms with van der Waals surface area (Å²) in [5.41, 5.74) is 1.52. The Morgan fingerprint density at radius 3 is 2.45 bits per heavy atom. The number of nitrogens with one attached hydrogen (secondary N) is 1. The summed E-state index contributed by atoms with van der Waals surface area (Å²) in [7, 11) is 0. The third-order valence-electron chi connectivity index (χ3n) is 3.09. The highest BCUT2D eigenvalue weighted by Gasteiger charge is 2.06. The molecule has 1 N–H and O–H groups in total. The first kappa shape index (κ1) is 16.7. The number of carbonyl (C=O) groups is 1. The molecule has 22 heavy (non-hydrogen) atoms. The van der Waals surface area contributed by atoms with E-state index in [9.17, 15) is 4.79 Å². The average molecular weight is 338 g/mol. The van der Waals surface area contributed by atoms with E-state index < -0.39 is 0 Å². The van der Waals surface area contributed by atoms with E-state index in [0.717, 1.165) is 11.4 Å². The molecule has 3 nitrogen and oxygen atoms in total. The number of hydrogen-bond acceptors (Lipinski definition) is 3. The van der Waals surface area contributed by atoms with E-state index in [1.54, 1.807) is 24.3 Å². The minimum absolute atomic E-state index is 0.0793. The number of halogens is 2. The van der Waals surface area contributed by atoms with Gasteiger partial charge in [-0.25, -0.2) is 0 Å². The van der Waals surface area contributed by atoms with Crippen LogP contribution in [0.25, 0.3) is 0 Å². The molecule has 0 bridgehead atoms. The SMILES string of the molecule is CCOc1ccc(C(=O)CCNc2ccc(Cl)c(Cl)c2)cc1. The van der Waals surface area contributed by atoms with Crippen LogP contribution >= 0.6 is 23.2 Å². The molecule has 0 radical (unpaired) electrons. The van der Waals surface area contributed by atoms with Crippen molar-refractivity contribution in [1.82, 2.24) is 0 Å². The Balaban J connectivity index is 1.85. The van der Waals surface area contributed by atoms with Gasteiger partial charge in [-0.05, 0) is 49.4 Å². The number of Topliss-reactive ketones (excluding diaryl/α,β-unsaturated/α-hetero) is 1. The molecule has 2 aromatic rings. The van der Waals surface area contributed by atoms with Crippen LogP contribution in [0.5, 0.6) is 5.75 Å². The van der Waals surface area contributed by atoms with Crippen LogP contribution in [0.4, 0.5) is 5.69 Å². The van der Waals surface area contributed by atoms with Gasteiger partial charge < -0.3 is 10.1 Å². The monoisotopic (exact) mass is 337 g/mol. The zero-order valence-electron chi connectivity index (χ0n) is 12.2. The molecule has 5 heteroatoms. The smallest absolute Gasteiger partial charge is 0.164 e. The maximum atomic E-state index is 12.1. The second kappa shape index (κ2) is 8.06. The van der Waals surface area contributed by atoms with Crippen LogP contribution in [0, 0.1) is 0 Å². The molecule has 116 valence electrons. The van der Waals surface area contributed by atoms with E-state index >= 15 is 0 Å². The quantitative estimate of drug-likeness (QED) is 0.716. The molecular formula is C17H17Cl2NO2. The van der Waals surface area contributed by atoms with E-state index in [1.807, 2.05) is 25.1 Å². The van der Waals surface area contributed by atoms with Crippen molar-refractivity contribution in [1.29, 1.82) is 0 Å². The minimum Gasteiger partial charge on any atom is -0.494 e. The largest absolute Gasteiger partial charge is 0.494 e. The van der Waals surface area contributed by atoms with Crippen molar-refractivity contribution < 1.29 is 9.53 Å². The van der Waals surface area contributed by atoms with Crippen molar-refractivity contribution in [2.24, 2.45) is 0 Å². The molecule has 0 aliphatic carbocycles. The van der Waals surface area contributed by atoms with E-state index in [0.29, 0.717) is 35.2 Å². The van der Waals surface area contributed by atoms with Gasteiger partial charge in [0.15, 0.2) is 5.78 Å². The Hall–Kier alpha value is -1.71. The summed E-state index contributed by atoms with van der Waals surface area (Å²) >= 11 is 11.8. The molecule has 0 aliphatic heterocycles. The number of hydrogen-bond donors (Lipinski definition) is 1. The van der Waals surface area contributed by atoms with Gasteiger partial charge in [0.1, 0.15) is 5.75 Å². The minimum atomic E-state index is 0.0793. The molecule has 0 spiro atoms. The normalized spacial score (nSPS) is 10.3. The number of benzene rings is 2. The van der Waals surface area contributed by atoms with Crippen molar-refractivity contribution in [3.63, 3.8) is 0 Å². The molecule has 0 atom stereocenters. The molecular weight excluding hydrogens is 321 g/mol. The summed E-state index contributed by atoms with van der Waals surface area (Å²) < 4.78 is 5.35. The predicted molar refractivity (Wildman–Crippen MR) is 91.5 cm³/mol. The first-order chi connectivity index (χ1) is 10.6. The van der Waals surface area contributed by atoms with Crippen molar-refractivity contribution in [3.8, 4) is 5.75 Å². The summed E-state index contributed by atoms with van der Waals surface area (Å²) in [6.07, 6.45) is 0.397. The molecule has 0 amide bonds. The molecule has 2 aromatic carbocycles. The van der Waals surface area contributed by atoms with Gasteiger partial charge in [-0.15, -0.1) is 0 Å². The topological polar surface area (TPSA) is 38.3 Å². The standard InChI is InChI=1S/C17H17Cl2NO2/c1-2-22-14-6-3-12(4-7-14)17(21)9-10-20-13-5-8-15(18)16(19)11-13/h3-8,11,20H,2,9-10H2,1H3. The van der Waals surface area contributed by atoms with Crippen LogP contribution < -0.4 is 10.1 Å². The molecule has 0 saturated carbocycles. The highest BCUT2D eigenvalue weighted by atomic mass is 35.5. The molecule has 0 unspecified atom stereocenters. The van der Waals surface area contributed by atoms with Crippen LogP contribution in [-0.4, -0.2) is 18.9 Å². The Morgan fingerprint density at radius 1 is 1.09 bits per heavy atom. The van der Waals surface area contributed by atoms with Gasteiger partial charge in [-0.1, -0.05) is 23.2 Å². The van der Waals surface area contributed by atoms with Crippen molar-refractivity contribution in [2.75, 3.05) is 18.5 Å². The van der Waals surface area contributed by atoms with Crippen molar-refractivity contribution in [2.45, 2.75) is 13.3 Å². The van der Waals surface area contributed by atoms with Gasteiger partial charge in [0.25, 0.3) is 0 Å². The number of rotatable bonds is 7. The summed E-state index contributed by atoms with van der Waals surface area (Å²) in [6, 6.07) is 12.5. The summed E-state index contributed by atoms with van der Waals surface area (Å²) in [5, 5.41) is 4.16. The first-order valence-corrected chi connectivity index (χ1v) is 7.80. The number of ketones is 1. The summed E-state index contributed by atoms with van der Waals surface area (Å²) in [6.45, 7) is 3.07. The van der Waals surface area contributed by atoms with Gasteiger partial charge >= 0.3 is 0 Å². The molecule has 2 rings (SSSR count). The number of carbonyl (C=O) groups excluding carboxylic acids is 1. The lowest BCUT2D eigenvalue weighted by Crippen LogP contribution is -2.09. The maximum absolute atomic E-state index is 12.1. The fourth-order valence-electron chi connectivity index (χ4n) is 1.97. The third kappa shape index (κ3) is 4.65. The van der Waals surface area contributed by atoms with Gasteiger partial charge in [0.05, 0.1) is 16.7 Å². The van der Waals surface area contributed by atoms with E-state index in [2.05, 4.69) is 5.32 Å². The molecule has 0 heterocycles. The maximum Gasteiger partial charge on any atom is 0.164 e. The summed E-state index contributed by atoms with van der Waals surface area (Å²) in [4.78, 5) is 12.1. The molecule has 0 aromatic heterocycles. The summed E-state index contributed by atoms with van der Waals surface area (Å²) in [5.74, 6) is 0.851. The van der Waals surface area contributed by atoms with Gasteiger partial charge in [0, 0.05) is 24.2 Å². The van der Waals surface area contributed by atoms with Crippen LogP contribution in [0.3, 0.4) is 0 Å². The van der Waals surface area contributed by atoms with Crippen LogP contribution in [0.2, 0.25) is 10.0 Å². The predicted octanol–water partition coefficient (Wildman–Crippen LogP) is 5.08. The van der Waals surface area contributed by atoms with E-state index in [-0.39, 0.29) is 5.78 Å². The zero-order chi connectivity index (χ0) is 15.9. The fourth-order valence-corrected chi connectivity index (χ4v) is 2.27. The van der Waals surface area contributed by atoms with E-state index in [4.69, 9.17) is 27.9 Å². The van der Waals surface area contributed by atoms with Crippen LogP contribution in [-0.2, 0) is 0 Å². The van der Waals surface area contributed by atoms with Crippen LogP contribution in [0.1, 0.15) is 23.7 Å². The second-order valence-electron chi connectivity index (χ2n) is 4.69. The lowest BCUT2D eigenvalue weighted by molar-refractivity contribution is 0.0986. The van der Waals surface area contributed by atoms with Gasteiger partial charge in [-0.3, -0.25) is 4.79 Å². The van der Waals surface area contributed by atoms with Gasteiger partial charge in [-0.2, -0.15) is 0 Å². The molecule has 0 fully saturated rings. The Bertz CT molecular complexity index is 642. The number of anilines is 1. The van der Waals surface area contributed by atoms with E-state index in [1.165, 1.54) is 0 Å². The van der Waals surface area contributed by atoms with Crippen molar-refractivity contribution >= 4 is 34.7 Å².